The summed E-state index contributed by atoms with van der Waals surface area (Å²) in [7, 11) is 0. The molecule has 1 rings (SSSR count). The molecule has 3 heteroatoms. The van der Waals surface area contributed by atoms with E-state index in [2.05, 4.69) is 0 Å². The van der Waals surface area contributed by atoms with Gasteiger partial charge < -0.3 is 15.3 Å². The number of aromatic hydroxyl groups is 2. The molecular formula is C12H16O3. The van der Waals surface area contributed by atoms with Gasteiger partial charge in [0.05, 0.1) is 6.61 Å². The van der Waals surface area contributed by atoms with Crippen LogP contribution in [0.5, 0.6) is 11.5 Å². The molecule has 0 aliphatic rings. The zero-order valence-corrected chi connectivity index (χ0v) is 8.99. The van der Waals surface area contributed by atoms with Gasteiger partial charge in [-0.25, -0.2) is 0 Å². The van der Waals surface area contributed by atoms with E-state index in [-0.39, 0.29) is 18.1 Å². The third-order valence-electron chi connectivity index (χ3n) is 2.14. The van der Waals surface area contributed by atoms with E-state index in [1.165, 1.54) is 6.07 Å². The Labute approximate surface area is 89.3 Å². The van der Waals surface area contributed by atoms with Gasteiger partial charge in [0.1, 0.15) is 0 Å². The van der Waals surface area contributed by atoms with Gasteiger partial charge in [-0.05, 0) is 38.0 Å². The van der Waals surface area contributed by atoms with Crippen molar-refractivity contribution < 1.29 is 15.3 Å². The predicted molar refractivity (Wildman–Crippen MR) is 58.8 cm³/mol. The smallest absolute Gasteiger partial charge is 0.161 e. The van der Waals surface area contributed by atoms with Gasteiger partial charge in [0.15, 0.2) is 11.5 Å². The average Bonchev–Trinajstić information content (AvgIpc) is 2.19. The Hall–Kier alpha value is -1.48. The fraction of sp³-hybridized carbons (Fsp3) is 0.333. The van der Waals surface area contributed by atoms with Crippen LogP contribution in [0, 0.1) is 0 Å². The van der Waals surface area contributed by atoms with Crippen molar-refractivity contribution in [1.82, 2.24) is 0 Å². The molecule has 0 aliphatic carbocycles. The molecule has 0 amide bonds. The number of hydrogen-bond acceptors (Lipinski definition) is 3. The summed E-state index contributed by atoms with van der Waals surface area (Å²) in [6.07, 6.45) is 2.51. The molecule has 0 saturated carbocycles. The van der Waals surface area contributed by atoms with E-state index in [4.69, 9.17) is 5.11 Å². The van der Waals surface area contributed by atoms with E-state index in [1.54, 1.807) is 6.07 Å². The molecule has 0 bridgehead atoms. The molecule has 15 heavy (non-hydrogen) atoms. The molecule has 3 nitrogen and oxygen atoms in total. The third kappa shape index (κ3) is 2.99. The fourth-order valence-corrected chi connectivity index (χ4v) is 1.30. The molecule has 0 aliphatic heterocycles. The minimum absolute atomic E-state index is 0.107. The molecular weight excluding hydrogens is 192 g/mol. The molecule has 0 aromatic heterocycles. The topological polar surface area (TPSA) is 60.7 Å². The number of aliphatic hydroxyl groups is 1. The lowest BCUT2D eigenvalue weighted by Gasteiger charge is -2.07. The van der Waals surface area contributed by atoms with E-state index in [1.807, 2.05) is 19.9 Å². The molecule has 82 valence electrons. The van der Waals surface area contributed by atoms with Gasteiger partial charge in [-0.1, -0.05) is 11.6 Å². The normalized spacial score (nSPS) is 10.1. The standard InChI is InChI=1S/C12H16O3/c1-8(2)3-4-10-5-9(7-13)6-11(14)12(10)15/h3,5-6,13-15H,4,7H2,1-2H3. The summed E-state index contributed by atoms with van der Waals surface area (Å²) in [6.45, 7) is 3.79. The van der Waals surface area contributed by atoms with E-state index in [0.717, 1.165) is 5.57 Å². The molecule has 1 aromatic rings. The molecule has 0 spiro atoms. The van der Waals surface area contributed by atoms with Gasteiger partial charge in [-0.15, -0.1) is 0 Å². The second-order valence-corrected chi connectivity index (χ2v) is 3.77. The lowest BCUT2D eigenvalue weighted by molar-refractivity contribution is 0.280. The third-order valence-corrected chi connectivity index (χ3v) is 2.14. The van der Waals surface area contributed by atoms with Crippen molar-refractivity contribution in [2.45, 2.75) is 26.9 Å². The summed E-state index contributed by atoms with van der Waals surface area (Å²) in [5, 5.41) is 27.9. The van der Waals surface area contributed by atoms with Crippen molar-refractivity contribution in [2.75, 3.05) is 0 Å². The first-order chi connectivity index (χ1) is 7.04. The van der Waals surface area contributed by atoms with Crippen LogP contribution in [0.2, 0.25) is 0 Å². The molecule has 0 saturated heterocycles. The maximum atomic E-state index is 9.57. The average molecular weight is 208 g/mol. The predicted octanol–water partition coefficient (Wildman–Crippen LogP) is 2.10. The monoisotopic (exact) mass is 208 g/mol. The number of benzene rings is 1. The molecule has 0 atom stereocenters. The van der Waals surface area contributed by atoms with Gasteiger partial charge in [0.25, 0.3) is 0 Å². The Morgan fingerprint density at radius 1 is 1.27 bits per heavy atom. The molecule has 0 fully saturated rings. The lowest BCUT2D eigenvalue weighted by Crippen LogP contribution is -1.89. The van der Waals surface area contributed by atoms with Crippen LogP contribution in [-0.4, -0.2) is 15.3 Å². The summed E-state index contributed by atoms with van der Waals surface area (Å²) >= 11 is 0. The SMILES string of the molecule is CC(C)=CCc1cc(CO)cc(O)c1O. The van der Waals surface area contributed by atoms with Crippen LogP contribution in [0.3, 0.4) is 0 Å². The summed E-state index contributed by atoms with van der Waals surface area (Å²) in [6, 6.07) is 3.05. The Balaban J connectivity index is 3.05. The number of allylic oxidation sites excluding steroid dienone is 2. The quantitative estimate of drug-likeness (QED) is 0.526. The number of phenolic OH excluding ortho intramolecular Hbond substituents is 2. The van der Waals surface area contributed by atoms with E-state index >= 15 is 0 Å². The van der Waals surface area contributed by atoms with Crippen molar-refractivity contribution in [2.24, 2.45) is 0 Å². The van der Waals surface area contributed by atoms with Crippen LogP contribution >= 0.6 is 0 Å². The van der Waals surface area contributed by atoms with Gasteiger partial charge >= 0.3 is 0 Å². The van der Waals surface area contributed by atoms with Crippen molar-refractivity contribution in [3.8, 4) is 11.5 Å². The summed E-state index contributed by atoms with van der Waals surface area (Å²) in [4.78, 5) is 0. The van der Waals surface area contributed by atoms with Crippen LogP contribution in [-0.2, 0) is 13.0 Å². The van der Waals surface area contributed by atoms with E-state index in [0.29, 0.717) is 17.5 Å². The highest BCUT2D eigenvalue weighted by Crippen LogP contribution is 2.31. The molecule has 3 N–H and O–H groups in total. The largest absolute Gasteiger partial charge is 0.504 e. The summed E-state index contributed by atoms with van der Waals surface area (Å²) in [5.74, 6) is -0.289. The zero-order chi connectivity index (χ0) is 11.4. The molecule has 0 radical (unpaired) electrons. The highest BCUT2D eigenvalue weighted by atomic mass is 16.3. The lowest BCUT2D eigenvalue weighted by atomic mass is 10.0. The first-order valence-electron chi connectivity index (χ1n) is 4.82. The Kier molecular flexibility index (Phi) is 3.74. The van der Waals surface area contributed by atoms with Crippen LogP contribution in [0.1, 0.15) is 25.0 Å². The minimum Gasteiger partial charge on any atom is -0.504 e. The van der Waals surface area contributed by atoms with Crippen LogP contribution < -0.4 is 0 Å². The van der Waals surface area contributed by atoms with Crippen LogP contribution in [0.25, 0.3) is 0 Å². The highest BCUT2D eigenvalue weighted by Gasteiger charge is 2.07. The van der Waals surface area contributed by atoms with Crippen LogP contribution in [0.4, 0.5) is 0 Å². The molecule has 1 aromatic carbocycles. The minimum atomic E-state index is -0.182. The fourth-order valence-electron chi connectivity index (χ4n) is 1.30. The van der Waals surface area contributed by atoms with E-state index < -0.39 is 0 Å². The van der Waals surface area contributed by atoms with Gasteiger partial charge in [0, 0.05) is 5.56 Å². The van der Waals surface area contributed by atoms with Gasteiger partial charge in [-0.2, -0.15) is 0 Å². The summed E-state index contributed by atoms with van der Waals surface area (Å²) < 4.78 is 0. The van der Waals surface area contributed by atoms with Gasteiger partial charge in [0.2, 0.25) is 0 Å². The number of aliphatic hydroxyl groups excluding tert-OH is 1. The van der Waals surface area contributed by atoms with Crippen LogP contribution in [0.15, 0.2) is 23.8 Å². The van der Waals surface area contributed by atoms with Crippen molar-refractivity contribution in [1.29, 1.82) is 0 Å². The number of phenols is 2. The van der Waals surface area contributed by atoms with E-state index in [9.17, 15) is 10.2 Å². The first kappa shape index (κ1) is 11.6. The second-order valence-electron chi connectivity index (χ2n) is 3.77. The van der Waals surface area contributed by atoms with Crippen molar-refractivity contribution in [3.63, 3.8) is 0 Å². The Bertz CT molecular complexity index is 377. The Morgan fingerprint density at radius 3 is 2.47 bits per heavy atom. The Morgan fingerprint density at radius 2 is 1.93 bits per heavy atom. The molecule has 0 heterocycles. The second kappa shape index (κ2) is 4.84. The molecule has 0 unspecified atom stereocenters. The number of rotatable bonds is 3. The zero-order valence-electron chi connectivity index (χ0n) is 8.99. The van der Waals surface area contributed by atoms with Gasteiger partial charge in [-0.3, -0.25) is 0 Å². The highest BCUT2D eigenvalue weighted by molar-refractivity contribution is 5.48. The summed E-state index contributed by atoms with van der Waals surface area (Å²) in [5.41, 5.74) is 2.37. The van der Waals surface area contributed by atoms with Crippen molar-refractivity contribution >= 4 is 0 Å². The maximum Gasteiger partial charge on any atom is 0.161 e. The maximum absolute atomic E-state index is 9.57. The number of hydrogen-bond donors (Lipinski definition) is 3. The van der Waals surface area contributed by atoms with Crippen molar-refractivity contribution in [3.05, 3.63) is 34.9 Å². The first-order valence-corrected chi connectivity index (χ1v) is 4.82.